The molecule has 0 bridgehead atoms. The van der Waals surface area contributed by atoms with Crippen molar-refractivity contribution in [3.63, 3.8) is 0 Å². The second-order valence-corrected chi connectivity index (χ2v) is 5.91. The van der Waals surface area contributed by atoms with Crippen LogP contribution in [-0.2, 0) is 14.3 Å². The molecule has 6 nitrogen and oxygen atoms in total. The predicted octanol–water partition coefficient (Wildman–Crippen LogP) is 0.0757. The lowest BCUT2D eigenvalue weighted by Gasteiger charge is -2.29. The number of esters is 1. The standard InChI is InChI=1S/C15H29NO5/c1-5-6-7-8-12(17)9-15(20)21-13(10-14(18)19)11-16(2,3)4/h12-13,17H,5-11H2,1-4H3/t12-,13-/m1/s1/i2D3. The molecule has 0 saturated carbocycles. The maximum absolute atomic E-state index is 11.9. The van der Waals surface area contributed by atoms with Crippen LogP contribution in [0.2, 0.25) is 0 Å². The maximum atomic E-state index is 11.9. The van der Waals surface area contributed by atoms with Crippen molar-refractivity contribution in [2.75, 3.05) is 27.6 Å². The number of likely N-dealkylation sites (N-methyl/N-ethyl adjacent to an activating group) is 1. The van der Waals surface area contributed by atoms with E-state index in [4.69, 9.17) is 8.85 Å². The molecule has 0 radical (unpaired) electrons. The molecule has 0 aromatic rings. The van der Waals surface area contributed by atoms with Gasteiger partial charge in [-0.15, -0.1) is 0 Å². The van der Waals surface area contributed by atoms with E-state index in [1.807, 2.05) is 6.92 Å². The summed E-state index contributed by atoms with van der Waals surface area (Å²) in [6, 6.07) is 0. The van der Waals surface area contributed by atoms with E-state index in [1.165, 1.54) is 14.1 Å². The molecule has 0 aromatic heterocycles. The summed E-state index contributed by atoms with van der Waals surface area (Å²) >= 11 is 0. The highest BCUT2D eigenvalue weighted by Gasteiger charge is 2.23. The summed E-state index contributed by atoms with van der Waals surface area (Å²) in [6.45, 7) is -0.547. The molecule has 2 atom stereocenters. The molecule has 124 valence electrons. The van der Waals surface area contributed by atoms with E-state index in [9.17, 15) is 19.8 Å². The van der Waals surface area contributed by atoms with Gasteiger partial charge in [0.05, 0.1) is 37.7 Å². The van der Waals surface area contributed by atoms with Gasteiger partial charge in [0.1, 0.15) is 6.54 Å². The number of aliphatic hydroxyl groups excluding tert-OH is 1. The number of unbranched alkanes of at least 4 members (excludes halogenated alkanes) is 2. The summed E-state index contributed by atoms with van der Waals surface area (Å²) in [6.07, 6.45) is 0.389. The first-order chi connectivity index (χ1) is 10.9. The monoisotopic (exact) mass is 306 g/mol. The number of ether oxygens (including phenoxy) is 1. The average Bonchev–Trinajstić information content (AvgIpc) is 2.35. The Kier molecular flexibility index (Phi) is 6.85. The molecule has 0 aliphatic rings. The highest BCUT2D eigenvalue weighted by Crippen LogP contribution is 2.10. The second kappa shape index (κ2) is 9.73. The third-order valence-electron chi connectivity index (χ3n) is 2.90. The highest BCUT2D eigenvalue weighted by molar-refractivity contribution is 5.71. The zero-order valence-corrected chi connectivity index (χ0v) is 13.1. The lowest BCUT2D eigenvalue weighted by atomic mass is 10.1. The summed E-state index contributed by atoms with van der Waals surface area (Å²) in [7, 11) is 2.81. The molecular weight excluding hydrogens is 274 g/mol. The first-order valence-corrected chi connectivity index (χ1v) is 7.29. The molecule has 0 aliphatic heterocycles. The Hall–Kier alpha value is -1.14. The quantitative estimate of drug-likeness (QED) is 0.332. The fourth-order valence-corrected chi connectivity index (χ4v) is 2.00. The minimum Gasteiger partial charge on any atom is -0.550 e. The Morgan fingerprint density at radius 3 is 2.52 bits per heavy atom. The SMILES string of the molecule is [2H]C([2H])([2H])[N+](C)(C)C[C@@H](CC(=O)[O-])OC(=O)C[C@H](O)CCCCC. The lowest BCUT2D eigenvalue weighted by Crippen LogP contribution is -2.45. The first kappa shape index (κ1) is 14.8. The summed E-state index contributed by atoms with van der Waals surface area (Å²) in [4.78, 5) is 22.7. The van der Waals surface area contributed by atoms with E-state index in [0.29, 0.717) is 6.42 Å². The number of carboxylic acids is 1. The van der Waals surface area contributed by atoms with E-state index in [2.05, 4.69) is 0 Å². The number of hydrogen-bond acceptors (Lipinski definition) is 5. The van der Waals surface area contributed by atoms with E-state index in [1.54, 1.807) is 0 Å². The molecule has 0 aromatic carbocycles. The fourth-order valence-electron chi connectivity index (χ4n) is 2.00. The molecule has 0 unspecified atom stereocenters. The maximum Gasteiger partial charge on any atom is 0.308 e. The van der Waals surface area contributed by atoms with Crippen LogP contribution in [0.25, 0.3) is 0 Å². The van der Waals surface area contributed by atoms with Crippen molar-refractivity contribution >= 4 is 11.9 Å². The van der Waals surface area contributed by atoms with Crippen molar-refractivity contribution in [2.24, 2.45) is 0 Å². The van der Waals surface area contributed by atoms with Crippen LogP contribution in [0.5, 0.6) is 0 Å². The van der Waals surface area contributed by atoms with Crippen molar-refractivity contribution in [3.8, 4) is 0 Å². The molecule has 6 heteroatoms. The number of aliphatic hydroxyl groups is 1. The van der Waals surface area contributed by atoms with Gasteiger partial charge in [-0.1, -0.05) is 26.2 Å². The number of nitrogens with zero attached hydrogens (tertiary/aromatic N) is 1. The normalized spacial score (nSPS) is 17.2. The zero-order valence-electron chi connectivity index (χ0n) is 16.1. The predicted molar refractivity (Wildman–Crippen MR) is 77.2 cm³/mol. The molecule has 0 aliphatic carbocycles. The fraction of sp³-hybridized carbons (Fsp3) is 0.867. The molecule has 0 amide bonds. The van der Waals surface area contributed by atoms with Crippen LogP contribution in [0, 0.1) is 0 Å². The molecule has 0 saturated heterocycles. The van der Waals surface area contributed by atoms with E-state index in [-0.39, 0.29) is 13.0 Å². The van der Waals surface area contributed by atoms with Crippen molar-refractivity contribution < 1.29 is 33.1 Å². The summed E-state index contributed by atoms with van der Waals surface area (Å²) in [5.74, 6) is -2.17. The third kappa shape index (κ3) is 12.3. The van der Waals surface area contributed by atoms with Gasteiger partial charge in [-0.3, -0.25) is 4.79 Å². The van der Waals surface area contributed by atoms with Gasteiger partial charge in [0.25, 0.3) is 0 Å². The minimum atomic E-state index is -2.38. The van der Waals surface area contributed by atoms with Gasteiger partial charge in [-0.2, -0.15) is 0 Å². The molecule has 0 fully saturated rings. The summed E-state index contributed by atoms with van der Waals surface area (Å²) in [5, 5.41) is 20.6. The van der Waals surface area contributed by atoms with Crippen molar-refractivity contribution in [2.45, 2.75) is 57.7 Å². The summed E-state index contributed by atoms with van der Waals surface area (Å²) in [5.41, 5.74) is 0. The molecule has 1 N–H and O–H groups in total. The van der Waals surface area contributed by atoms with Gasteiger partial charge in [0.2, 0.25) is 0 Å². The summed E-state index contributed by atoms with van der Waals surface area (Å²) < 4.78 is 27.0. The van der Waals surface area contributed by atoms with Gasteiger partial charge in [-0.05, 0) is 6.42 Å². The topological polar surface area (TPSA) is 86.7 Å². The van der Waals surface area contributed by atoms with Crippen LogP contribution in [0.1, 0.15) is 49.6 Å². The van der Waals surface area contributed by atoms with Crippen molar-refractivity contribution in [1.82, 2.24) is 0 Å². The Morgan fingerprint density at radius 1 is 1.33 bits per heavy atom. The minimum absolute atomic E-state index is 0.192. The zero-order chi connectivity index (χ0) is 19.0. The largest absolute Gasteiger partial charge is 0.550 e. The number of carbonyl (C=O) groups is 2. The Labute approximate surface area is 131 Å². The van der Waals surface area contributed by atoms with E-state index in [0.717, 1.165) is 19.3 Å². The van der Waals surface area contributed by atoms with Crippen LogP contribution < -0.4 is 5.11 Å². The number of hydrogen-bond donors (Lipinski definition) is 1. The Morgan fingerprint density at radius 2 is 2.00 bits per heavy atom. The Balaban J connectivity index is 4.67. The van der Waals surface area contributed by atoms with Crippen LogP contribution in [0.4, 0.5) is 0 Å². The van der Waals surface area contributed by atoms with E-state index >= 15 is 0 Å². The number of carbonyl (C=O) groups excluding carboxylic acids is 2. The van der Waals surface area contributed by atoms with Crippen LogP contribution in [-0.4, -0.2) is 61.4 Å². The van der Waals surface area contributed by atoms with Gasteiger partial charge in [-0.25, -0.2) is 0 Å². The average molecular weight is 306 g/mol. The van der Waals surface area contributed by atoms with Gasteiger partial charge in [0.15, 0.2) is 6.10 Å². The Bertz CT molecular complexity index is 412. The van der Waals surface area contributed by atoms with Crippen molar-refractivity contribution in [1.29, 1.82) is 0 Å². The van der Waals surface area contributed by atoms with Crippen LogP contribution in [0.15, 0.2) is 0 Å². The second-order valence-electron chi connectivity index (χ2n) is 5.91. The van der Waals surface area contributed by atoms with Crippen molar-refractivity contribution in [3.05, 3.63) is 0 Å². The molecule has 0 spiro atoms. The first-order valence-electron chi connectivity index (χ1n) is 8.79. The third-order valence-corrected chi connectivity index (χ3v) is 2.90. The van der Waals surface area contributed by atoms with Gasteiger partial charge in [0, 0.05) is 12.4 Å². The highest BCUT2D eigenvalue weighted by atomic mass is 16.5. The smallest absolute Gasteiger partial charge is 0.308 e. The molecule has 0 heterocycles. The van der Waals surface area contributed by atoms with Crippen LogP contribution >= 0.6 is 0 Å². The number of aliphatic carboxylic acids is 1. The lowest BCUT2D eigenvalue weighted by molar-refractivity contribution is -0.873. The van der Waals surface area contributed by atoms with Gasteiger partial charge >= 0.3 is 5.97 Å². The van der Waals surface area contributed by atoms with E-state index < -0.39 is 42.0 Å². The number of carboxylic acid groups (broad SMARTS) is 1. The molecule has 0 rings (SSSR count). The van der Waals surface area contributed by atoms with Crippen LogP contribution in [0.3, 0.4) is 0 Å². The number of rotatable bonds is 11. The molecule has 21 heavy (non-hydrogen) atoms. The van der Waals surface area contributed by atoms with Gasteiger partial charge < -0.3 is 24.2 Å². The number of quaternary nitrogens is 1. The molecular formula is C15H29NO5.